The molecule has 3 heteroatoms. The summed E-state index contributed by atoms with van der Waals surface area (Å²) in [7, 11) is 0. The zero-order valence-electron chi connectivity index (χ0n) is 38.7. The monoisotopic (exact) mass is 904 g/mol. The molecule has 14 aromatic rings. The lowest BCUT2D eigenvalue weighted by molar-refractivity contribution is 0.669. The lowest BCUT2D eigenvalue weighted by Gasteiger charge is -2.22. The van der Waals surface area contributed by atoms with Crippen molar-refractivity contribution >= 4 is 54.3 Å². The van der Waals surface area contributed by atoms with Crippen molar-refractivity contribution in [3.8, 4) is 78.7 Å². The summed E-state index contributed by atoms with van der Waals surface area (Å²) in [6.07, 6.45) is 0. The average molecular weight is 905 g/mol. The van der Waals surface area contributed by atoms with Crippen LogP contribution in [0.2, 0.25) is 0 Å². The fraction of sp³-hybridized carbons (Fsp3) is 0. The van der Waals surface area contributed by atoms with Crippen molar-refractivity contribution in [3.63, 3.8) is 0 Å². The summed E-state index contributed by atoms with van der Waals surface area (Å²) in [5.74, 6) is 0. The normalized spacial score (nSPS) is 11.7. The van der Waals surface area contributed by atoms with Gasteiger partial charge in [-0.3, -0.25) is 0 Å². The molecule has 0 radical (unpaired) electrons. The predicted molar refractivity (Wildman–Crippen MR) is 298 cm³/mol. The van der Waals surface area contributed by atoms with Gasteiger partial charge in [-0.15, -0.1) is 0 Å². The molecular formula is C68H44N2O. The molecule has 14 rings (SSSR count). The minimum absolute atomic E-state index is 0.867. The maximum Gasteiger partial charge on any atom is 0.136 e. The summed E-state index contributed by atoms with van der Waals surface area (Å²) >= 11 is 0. The molecule has 0 aliphatic carbocycles. The summed E-state index contributed by atoms with van der Waals surface area (Å²) in [5, 5.41) is 9.28. The lowest BCUT2D eigenvalue weighted by atomic mass is 9.84. The van der Waals surface area contributed by atoms with E-state index in [9.17, 15) is 0 Å². The fourth-order valence-corrected chi connectivity index (χ4v) is 11.2. The molecule has 0 bridgehead atoms. The van der Waals surface area contributed by atoms with Crippen LogP contribution in [0.5, 0.6) is 0 Å². The smallest absolute Gasteiger partial charge is 0.136 e. The van der Waals surface area contributed by atoms with Crippen LogP contribution in [0.15, 0.2) is 271 Å². The van der Waals surface area contributed by atoms with Crippen molar-refractivity contribution in [2.24, 2.45) is 0 Å². The highest BCUT2D eigenvalue weighted by Gasteiger charge is 2.24. The summed E-state index contributed by atoms with van der Waals surface area (Å²) in [4.78, 5) is 0. The number of fused-ring (bicyclic) bond motifs is 6. The Morgan fingerprint density at radius 1 is 0.254 bits per heavy atom. The second-order valence-corrected chi connectivity index (χ2v) is 18.4. The topological polar surface area (TPSA) is 23.0 Å². The van der Waals surface area contributed by atoms with Crippen LogP contribution in [-0.4, -0.2) is 9.13 Å². The summed E-state index contributed by atoms with van der Waals surface area (Å²) in [6.45, 7) is 0. The third-order valence-electron chi connectivity index (χ3n) is 14.4. The highest BCUT2D eigenvalue weighted by Crippen LogP contribution is 2.49. The number of para-hydroxylation sites is 1. The molecule has 332 valence electrons. The van der Waals surface area contributed by atoms with E-state index in [1.54, 1.807) is 0 Å². The van der Waals surface area contributed by atoms with Gasteiger partial charge in [0.25, 0.3) is 0 Å². The Balaban J connectivity index is 1.14. The van der Waals surface area contributed by atoms with Crippen molar-refractivity contribution in [1.29, 1.82) is 0 Å². The van der Waals surface area contributed by atoms with Gasteiger partial charge in [0.05, 0.1) is 22.8 Å². The maximum absolute atomic E-state index is 6.66. The molecule has 0 saturated heterocycles. The van der Waals surface area contributed by atoms with Gasteiger partial charge in [0, 0.05) is 22.1 Å². The molecule has 0 aliphatic rings. The van der Waals surface area contributed by atoms with E-state index < -0.39 is 0 Å². The molecule has 71 heavy (non-hydrogen) atoms. The lowest BCUT2D eigenvalue weighted by Crippen LogP contribution is -2.02. The van der Waals surface area contributed by atoms with Gasteiger partial charge in [0.15, 0.2) is 0 Å². The first-order chi connectivity index (χ1) is 35.2. The molecule has 0 fully saturated rings. The van der Waals surface area contributed by atoms with Gasteiger partial charge < -0.3 is 13.6 Å². The average Bonchev–Trinajstić information content (AvgIpc) is 4.20. The van der Waals surface area contributed by atoms with E-state index >= 15 is 0 Å². The minimum atomic E-state index is 0.867. The van der Waals surface area contributed by atoms with Crippen LogP contribution in [0.4, 0.5) is 0 Å². The minimum Gasteiger partial charge on any atom is -0.456 e. The molecule has 0 unspecified atom stereocenters. The van der Waals surface area contributed by atoms with Gasteiger partial charge in [0.2, 0.25) is 0 Å². The number of furan rings is 1. The number of benzene rings is 11. The number of hydrogen-bond acceptors (Lipinski definition) is 1. The second-order valence-electron chi connectivity index (χ2n) is 18.4. The number of nitrogens with zero attached hydrogens (tertiary/aromatic N) is 2. The summed E-state index contributed by atoms with van der Waals surface area (Å²) < 4.78 is 11.5. The molecule has 0 N–H and O–H groups in total. The molecular weight excluding hydrogens is 861 g/mol. The number of hydrogen-bond donors (Lipinski definition) is 0. The Hall–Kier alpha value is -9.44. The molecule has 0 atom stereocenters. The third-order valence-corrected chi connectivity index (χ3v) is 14.4. The molecule has 3 aromatic heterocycles. The molecule has 3 heterocycles. The van der Waals surface area contributed by atoms with E-state index in [1.807, 2.05) is 0 Å². The van der Waals surface area contributed by atoms with E-state index in [0.29, 0.717) is 0 Å². The van der Waals surface area contributed by atoms with Crippen molar-refractivity contribution in [3.05, 3.63) is 267 Å². The molecule has 0 saturated carbocycles. The van der Waals surface area contributed by atoms with Gasteiger partial charge in [0.1, 0.15) is 11.2 Å². The Kier molecular flexibility index (Phi) is 9.53. The first-order valence-electron chi connectivity index (χ1n) is 24.3. The van der Waals surface area contributed by atoms with Gasteiger partial charge in [-0.2, -0.15) is 0 Å². The van der Waals surface area contributed by atoms with E-state index in [-0.39, 0.29) is 0 Å². The van der Waals surface area contributed by atoms with Crippen molar-refractivity contribution in [2.45, 2.75) is 0 Å². The van der Waals surface area contributed by atoms with Crippen molar-refractivity contribution in [1.82, 2.24) is 9.13 Å². The van der Waals surface area contributed by atoms with Crippen LogP contribution in [0.1, 0.15) is 0 Å². The molecule has 0 aliphatic heterocycles. The van der Waals surface area contributed by atoms with E-state index in [0.717, 1.165) is 100 Å². The third kappa shape index (κ3) is 6.74. The zero-order valence-corrected chi connectivity index (χ0v) is 38.7. The Morgan fingerprint density at radius 2 is 0.704 bits per heavy atom. The Labute approximate surface area is 411 Å². The van der Waals surface area contributed by atoms with Gasteiger partial charge >= 0.3 is 0 Å². The van der Waals surface area contributed by atoms with Crippen molar-refractivity contribution < 1.29 is 4.42 Å². The molecule has 3 nitrogen and oxygen atoms in total. The highest BCUT2D eigenvalue weighted by molar-refractivity contribution is 6.26. The summed E-state index contributed by atoms with van der Waals surface area (Å²) in [6, 6.07) is 97.0. The SMILES string of the molecule is c1ccc(-c2ccc(-c3ccccc3)n2-c2ccc3c(-c4cccc5oc6ccccc6c45)c4cc(-n5c(-c6ccccc6)ccc5-c5ccccc5)ccc4c(-c4ccc5ccccc5c4)c3c2)cc1. The van der Waals surface area contributed by atoms with Crippen LogP contribution in [0.3, 0.4) is 0 Å². The largest absolute Gasteiger partial charge is 0.456 e. The number of rotatable bonds is 8. The van der Waals surface area contributed by atoms with Crippen LogP contribution in [0.25, 0.3) is 133 Å². The fourth-order valence-electron chi connectivity index (χ4n) is 11.2. The Bertz CT molecular complexity index is 4200. The van der Waals surface area contributed by atoms with Crippen LogP contribution < -0.4 is 0 Å². The summed E-state index contributed by atoms with van der Waals surface area (Å²) in [5.41, 5.74) is 17.7. The highest BCUT2D eigenvalue weighted by atomic mass is 16.3. The van der Waals surface area contributed by atoms with Crippen LogP contribution >= 0.6 is 0 Å². The Morgan fingerprint density at radius 3 is 1.25 bits per heavy atom. The maximum atomic E-state index is 6.66. The molecule has 0 spiro atoms. The second kappa shape index (κ2) is 16.7. The predicted octanol–water partition coefficient (Wildman–Crippen LogP) is 18.6. The van der Waals surface area contributed by atoms with E-state index in [4.69, 9.17) is 4.42 Å². The quantitative estimate of drug-likeness (QED) is 0.139. The van der Waals surface area contributed by atoms with Crippen LogP contribution in [0, 0.1) is 0 Å². The van der Waals surface area contributed by atoms with Gasteiger partial charge in [-0.25, -0.2) is 0 Å². The van der Waals surface area contributed by atoms with Crippen LogP contribution in [-0.2, 0) is 0 Å². The van der Waals surface area contributed by atoms with E-state index in [1.165, 1.54) is 32.7 Å². The first kappa shape index (κ1) is 40.6. The molecule has 0 amide bonds. The van der Waals surface area contributed by atoms with Crippen molar-refractivity contribution in [2.75, 3.05) is 0 Å². The zero-order chi connectivity index (χ0) is 46.8. The molecule has 11 aromatic carbocycles. The first-order valence-corrected chi connectivity index (χ1v) is 24.3. The van der Waals surface area contributed by atoms with E-state index in [2.05, 4.69) is 276 Å². The number of aromatic nitrogens is 2. The van der Waals surface area contributed by atoms with Gasteiger partial charge in [-0.1, -0.05) is 200 Å². The standard InChI is InChI=1S/C68H44N2O/c1-5-19-46(20-6-1)60-38-39-61(47-21-7-2-8-22-47)69(60)52-35-37-55-58(43-52)66(51-33-32-45-18-13-14-27-50(45)42-51)54-36-34-53(70-62(48-23-9-3-10-24-48)40-41-63(70)49-25-11-4-12-26-49)44-59(54)67(55)57-29-17-31-65-68(57)56-28-15-16-30-64(56)71-65/h1-44H. The van der Waals surface area contributed by atoms with Gasteiger partial charge in [-0.05, 0) is 144 Å².